The highest BCUT2D eigenvalue weighted by Gasteiger charge is 1.13. The van der Waals surface area contributed by atoms with Gasteiger partial charge in [0.15, 0.2) is 0 Å². The maximum Gasteiger partial charge on any atom is 0.373 e. The molecule has 0 aliphatic rings. The standard InChI is InChI=1S/CO2.C/c2-1-3;. The molecule has 0 rings (SSSR count). The first kappa shape index (κ1) is 10.1. The van der Waals surface area contributed by atoms with Gasteiger partial charge in [0, 0.05) is 7.43 Å². The van der Waals surface area contributed by atoms with Crippen molar-refractivity contribution in [3.05, 3.63) is 7.43 Å². The van der Waals surface area contributed by atoms with Crippen LogP contribution in [-0.4, -0.2) is 6.15 Å². The molecule has 0 unspecified atom stereocenters. The Kier molecular flexibility index (Phi) is 78.9. The van der Waals surface area contributed by atoms with Gasteiger partial charge in [0.05, 0.1) is 0 Å². The Morgan fingerprint density at radius 3 is 1.25 bits per heavy atom. The largest absolute Gasteiger partial charge is 0.373 e. The Morgan fingerprint density at radius 2 is 1.25 bits per heavy atom. The molecule has 0 atom stereocenters. The first-order chi connectivity index (χ1) is 1.41. The molecule has 4 heavy (non-hydrogen) atoms. The summed E-state index contributed by atoms with van der Waals surface area (Å²) in [5, 5.41) is 0. The SMILES string of the molecule is O=C=O.[C]. The third kappa shape index (κ3) is 0.518. The Balaban J connectivity index is 0. The van der Waals surface area contributed by atoms with E-state index in [2.05, 4.69) is 0 Å². The lowest BCUT2D eigenvalue weighted by atomic mass is 11.8. The quantitative estimate of drug-likeness (QED) is 0.375. The lowest BCUT2D eigenvalue weighted by Crippen LogP contribution is -1.22. The van der Waals surface area contributed by atoms with Gasteiger partial charge in [-0.2, -0.15) is 9.59 Å². The van der Waals surface area contributed by atoms with E-state index in [4.69, 9.17) is 9.59 Å². The lowest BCUT2D eigenvalue weighted by molar-refractivity contribution is -0.191. The van der Waals surface area contributed by atoms with Crippen molar-refractivity contribution in [2.45, 2.75) is 0 Å². The predicted octanol–water partition coefficient (Wildman–Crippen LogP) is -0.502. The highest BCUT2D eigenvalue weighted by Crippen LogP contribution is 0.787. The van der Waals surface area contributed by atoms with Crippen molar-refractivity contribution in [1.82, 2.24) is 0 Å². The molecule has 0 fully saturated rings. The number of hydrogen-bond acceptors (Lipinski definition) is 2. The predicted molar refractivity (Wildman–Crippen MR) is 8.25 cm³/mol. The van der Waals surface area contributed by atoms with Gasteiger partial charge in [-0.1, -0.05) is 0 Å². The molecule has 0 aromatic carbocycles. The minimum Gasteiger partial charge on any atom is -0.186 e. The van der Waals surface area contributed by atoms with E-state index < -0.39 is 0 Å². The summed E-state index contributed by atoms with van der Waals surface area (Å²) >= 11 is 0. The number of hydrogen-bond donors (Lipinski definition) is 0. The summed E-state index contributed by atoms with van der Waals surface area (Å²) in [6.07, 6.45) is 0.250. The van der Waals surface area contributed by atoms with E-state index in [1.807, 2.05) is 0 Å². The second-order valence-corrected chi connectivity index (χ2v) is 0.0833. The maximum absolute atomic E-state index is 8.12. The van der Waals surface area contributed by atoms with Crippen LogP contribution in [0, 0.1) is 7.43 Å². The first-order valence-corrected chi connectivity index (χ1v) is 0.408. The molecule has 0 aromatic heterocycles. The molecular formula is C2O2. The zero-order valence-corrected chi connectivity index (χ0v) is 1.82. The Morgan fingerprint density at radius 1 is 1.25 bits per heavy atom. The Bertz CT molecular complexity index is 25.0. The molecule has 0 bridgehead atoms. The molecule has 0 saturated heterocycles. The number of rotatable bonds is 0. The summed E-state index contributed by atoms with van der Waals surface area (Å²) < 4.78 is 0. The van der Waals surface area contributed by atoms with Crippen molar-refractivity contribution in [3.8, 4) is 0 Å². The summed E-state index contributed by atoms with van der Waals surface area (Å²) in [5.41, 5.74) is 0. The zero-order valence-electron chi connectivity index (χ0n) is 1.82. The van der Waals surface area contributed by atoms with Crippen LogP contribution in [-0.2, 0) is 9.59 Å². The molecular weight excluding hydrogens is 56.0 g/mol. The van der Waals surface area contributed by atoms with Gasteiger partial charge < -0.3 is 0 Å². The van der Waals surface area contributed by atoms with Crippen molar-refractivity contribution in [3.63, 3.8) is 0 Å². The summed E-state index contributed by atoms with van der Waals surface area (Å²) in [6, 6.07) is 0. The summed E-state index contributed by atoms with van der Waals surface area (Å²) in [7, 11) is 0. The minimum absolute atomic E-state index is 0. The second kappa shape index (κ2) is 31.4. The molecule has 0 heterocycles. The average molecular weight is 56.0 g/mol. The fraction of sp³-hybridized carbons (Fsp3) is 0. The smallest absolute Gasteiger partial charge is 0.186 e. The van der Waals surface area contributed by atoms with Gasteiger partial charge in [0.2, 0.25) is 0 Å². The van der Waals surface area contributed by atoms with Gasteiger partial charge in [-0.15, -0.1) is 0 Å². The first-order valence-electron chi connectivity index (χ1n) is 0.408. The fourth-order valence-electron chi connectivity index (χ4n) is 0. The topological polar surface area (TPSA) is 34.1 Å². The Hall–Kier alpha value is -0.620. The number of carbonyl (C=O) groups excluding carboxylic acids is 2. The van der Waals surface area contributed by atoms with Gasteiger partial charge in [-0.25, -0.2) is 0 Å². The van der Waals surface area contributed by atoms with Crippen LogP contribution in [0.4, 0.5) is 0 Å². The molecule has 0 N–H and O–H groups in total. The van der Waals surface area contributed by atoms with E-state index in [1.54, 1.807) is 0 Å². The van der Waals surface area contributed by atoms with Crippen LogP contribution in [0.1, 0.15) is 0 Å². The van der Waals surface area contributed by atoms with Crippen LogP contribution in [0.15, 0.2) is 0 Å². The van der Waals surface area contributed by atoms with E-state index in [-0.39, 0.29) is 13.6 Å². The van der Waals surface area contributed by atoms with Gasteiger partial charge in [0.25, 0.3) is 0 Å². The molecule has 20 valence electrons. The van der Waals surface area contributed by atoms with E-state index >= 15 is 0 Å². The summed E-state index contributed by atoms with van der Waals surface area (Å²) in [4.78, 5) is 16.2. The van der Waals surface area contributed by atoms with Crippen molar-refractivity contribution in [1.29, 1.82) is 0 Å². The van der Waals surface area contributed by atoms with Crippen molar-refractivity contribution in [2.75, 3.05) is 0 Å². The van der Waals surface area contributed by atoms with Crippen LogP contribution in [0.2, 0.25) is 0 Å². The molecule has 2 nitrogen and oxygen atoms in total. The average Bonchev–Trinajstić information content (AvgIpc) is 0.918. The fourth-order valence-corrected chi connectivity index (χ4v) is 0. The normalized spacial score (nSPS) is 2.00. The molecule has 0 aromatic rings. The van der Waals surface area contributed by atoms with E-state index in [0.717, 1.165) is 0 Å². The Labute approximate surface area is 24.4 Å². The van der Waals surface area contributed by atoms with Crippen LogP contribution < -0.4 is 0 Å². The molecule has 4 radical (unpaired) electrons. The molecule has 2 heteroatoms. The second-order valence-electron chi connectivity index (χ2n) is 0.0833. The molecule has 0 aliphatic carbocycles. The van der Waals surface area contributed by atoms with Gasteiger partial charge >= 0.3 is 6.15 Å². The summed E-state index contributed by atoms with van der Waals surface area (Å²) in [5.74, 6) is 0. The monoisotopic (exact) mass is 56.0 g/mol. The summed E-state index contributed by atoms with van der Waals surface area (Å²) in [6.45, 7) is 0. The van der Waals surface area contributed by atoms with Crippen LogP contribution in [0.25, 0.3) is 0 Å². The zero-order chi connectivity index (χ0) is 2.71. The van der Waals surface area contributed by atoms with Gasteiger partial charge in [-0.3, -0.25) is 0 Å². The van der Waals surface area contributed by atoms with E-state index in [9.17, 15) is 0 Å². The van der Waals surface area contributed by atoms with Crippen LogP contribution in [0.3, 0.4) is 0 Å². The minimum atomic E-state index is 0. The molecule has 0 spiro atoms. The van der Waals surface area contributed by atoms with E-state index in [0.29, 0.717) is 0 Å². The molecule has 0 saturated carbocycles. The highest BCUT2D eigenvalue weighted by atomic mass is 16.2. The van der Waals surface area contributed by atoms with Crippen molar-refractivity contribution >= 4 is 6.15 Å². The van der Waals surface area contributed by atoms with Gasteiger partial charge in [-0.05, 0) is 0 Å². The van der Waals surface area contributed by atoms with Crippen molar-refractivity contribution < 1.29 is 9.59 Å². The van der Waals surface area contributed by atoms with Crippen LogP contribution >= 0.6 is 0 Å². The third-order valence-electron chi connectivity index (χ3n) is 0. The molecule has 0 aliphatic heterocycles. The lowest BCUT2D eigenvalue weighted by Gasteiger charge is -0.945. The highest BCUT2D eigenvalue weighted by molar-refractivity contribution is 5.20. The molecule has 0 amide bonds. The maximum atomic E-state index is 8.12. The van der Waals surface area contributed by atoms with Gasteiger partial charge in [0.1, 0.15) is 0 Å². The van der Waals surface area contributed by atoms with Crippen molar-refractivity contribution in [2.24, 2.45) is 0 Å². The third-order valence-corrected chi connectivity index (χ3v) is 0. The van der Waals surface area contributed by atoms with E-state index in [1.165, 1.54) is 0 Å². The van der Waals surface area contributed by atoms with Crippen LogP contribution in [0.5, 0.6) is 0 Å².